The lowest BCUT2D eigenvalue weighted by Gasteiger charge is -2.37. The van der Waals surface area contributed by atoms with E-state index in [0.29, 0.717) is 6.42 Å². The number of carbonyl (C=O) groups excluding carboxylic acids is 2. The second kappa shape index (κ2) is 5.26. The molecule has 0 spiro atoms. The normalized spacial score (nSPS) is 19.6. The summed E-state index contributed by atoms with van der Waals surface area (Å²) in [6, 6.07) is -0.527. The van der Waals surface area contributed by atoms with Crippen LogP contribution in [0.5, 0.6) is 0 Å². The lowest BCUT2D eigenvalue weighted by atomic mass is 9.75. The van der Waals surface area contributed by atoms with Gasteiger partial charge in [-0.3, -0.25) is 9.59 Å². The molecule has 5 heteroatoms. The monoisotopic (exact) mass is 255 g/mol. The van der Waals surface area contributed by atoms with Gasteiger partial charge in [0.25, 0.3) is 0 Å². The number of rotatable bonds is 4. The van der Waals surface area contributed by atoms with Gasteiger partial charge in [-0.25, -0.2) is 0 Å². The zero-order valence-electron chi connectivity index (χ0n) is 11.8. The van der Waals surface area contributed by atoms with Crippen LogP contribution in [0.3, 0.4) is 0 Å². The molecule has 0 heterocycles. The van der Waals surface area contributed by atoms with Crippen molar-refractivity contribution in [3.63, 3.8) is 0 Å². The molecule has 2 amide bonds. The molecule has 4 N–H and O–H groups in total. The average Bonchev–Trinajstić information content (AvgIpc) is 2.12. The van der Waals surface area contributed by atoms with Crippen LogP contribution in [-0.2, 0) is 9.59 Å². The van der Waals surface area contributed by atoms with E-state index >= 15 is 0 Å². The maximum atomic E-state index is 11.8. The molecule has 1 saturated carbocycles. The Morgan fingerprint density at radius 1 is 1.33 bits per heavy atom. The maximum absolute atomic E-state index is 11.8. The highest BCUT2D eigenvalue weighted by molar-refractivity contribution is 5.88. The summed E-state index contributed by atoms with van der Waals surface area (Å²) in [6.07, 6.45) is 3.18. The molecule has 1 aliphatic carbocycles. The predicted octanol–water partition coefficient (Wildman–Crippen LogP) is 0.677. The fraction of sp³-hybridized carbons (Fsp3) is 0.846. The number of hydrogen-bond acceptors (Lipinski definition) is 3. The molecule has 5 nitrogen and oxygen atoms in total. The number of nitrogens with one attached hydrogen (secondary N) is 2. The van der Waals surface area contributed by atoms with Gasteiger partial charge in [0.05, 0.1) is 0 Å². The highest BCUT2D eigenvalue weighted by atomic mass is 16.2. The van der Waals surface area contributed by atoms with Crippen molar-refractivity contribution in [2.75, 3.05) is 0 Å². The topological polar surface area (TPSA) is 84.2 Å². The van der Waals surface area contributed by atoms with Crippen LogP contribution in [0.15, 0.2) is 0 Å². The maximum Gasteiger partial charge on any atom is 0.242 e. The van der Waals surface area contributed by atoms with Gasteiger partial charge >= 0.3 is 0 Å². The molecule has 104 valence electrons. The number of nitrogens with two attached hydrogens (primary N) is 1. The third-order valence-electron chi connectivity index (χ3n) is 3.13. The van der Waals surface area contributed by atoms with E-state index in [1.165, 1.54) is 0 Å². The van der Waals surface area contributed by atoms with Crippen LogP contribution in [0.2, 0.25) is 0 Å². The SMILES string of the molecule is CC(NC(=O)CC1(N)CCC1)C(=O)NC(C)(C)C. The number of amides is 2. The van der Waals surface area contributed by atoms with Crippen molar-refractivity contribution in [3.8, 4) is 0 Å². The first kappa shape index (κ1) is 15.0. The van der Waals surface area contributed by atoms with E-state index in [1.54, 1.807) is 6.92 Å². The van der Waals surface area contributed by atoms with Crippen molar-refractivity contribution in [1.82, 2.24) is 10.6 Å². The van der Waals surface area contributed by atoms with Crippen molar-refractivity contribution >= 4 is 11.8 Å². The standard InChI is InChI=1S/C13H25N3O2/c1-9(11(18)16-12(2,3)4)15-10(17)8-13(14)6-5-7-13/h9H,5-8,14H2,1-4H3,(H,15,17)(H,16,18). The molecule has 0 radical (unpaired) electrons. The minimum atomic E-state index is -0.527. The molecule has 1 fully saturated rings. The largest absolute Gasteiger partial charge is 0.350 e. The Labute approximate surface area is 109 Å². The summed E-state index contributed by atoms with van der Waals surface area (Å²) in [6.45, 7) is 7.40. The zero-order chi connectivity index (χ0) is 14.0. The lowest BCUT2D eigenvalue weighted by molar-refractivity contribution is -0.130. The van der Waals surface area contributed by atoms with Gasteiger partial charge in [-0.15, -0.1) is 0 Å². The molecular weight excluding hydrogens is 230 g/mol. The Hall–Kier alpha value is -1.10. The first-order chi connectivity index (χ1) is 8.11. The minimum Gasteiger partial charge on any atom is -0.350 e. The molecule has 1 rings (SSSR count). The quantitative estimate of drug-likeness (QED) is 0.690. The molecule has 0 aromatic rings. The summed E-state index contributed by atoms with van der Waals surface area (Å²) in [5.74, 6) is -0.315. The Kier molecular flexibility index (Phi) is 4.37. The van der Waals surface area contributed by atoms with Crippen molar-refractivity contribution in [2.45, 2.75) is 70.5 Å². The van der Waals surface area contributed by atoms with Gasteiger partial charge in [0.2, 0.25) is 11.8 Å². The highest BCUT2D eigenvalue weighted by Crippen LogP contribution is 2.31. The van der Waals surface area contributed by atoms with E-state index in [2.05, 4.69) is 10.6 Å². The second-order valence-corrected chi connectivity index (χ2v) is 6.42. The van der Waals surface area contributed by atoms with Gasteiger partial charge in [-0.05, 0) is 47.0 Å². The van der Waals surface area contributed by atoms with Gasteiger partial charge in [0.1, 0.15) is 6.04 Å². The van der Waals surface area contributed by atoms with Crippen molar-refractivity contribution < 1.29 is 9.59 Å². The van der Waals surface area contributed by atoms with Crippen LogP contribution < -0.4 is 16.4 Å². The highest BCUT2D eigenvalue weighted by Gasteiger charge is 2.35. The molecule has 0 aromatic carbocycles. The summed E-state index contributed by atoms with van der Waals surface area (Å²) in [5.41, 5.74) is 5.36. The first-order valence-corrected chi connectivity index (χ1v) is 6.52. The van der Waals surface area contributed by atoms with Crippen molar-refractivity contribution in [1.29, 1.82) is 0 Å². The summed E-state index contributed by atoms with van der Waals surface area (Å²) < 4.78 is 0. The van der Waals surface area contributed by atoms with E-state index in [0.717, 1.165) is 19.3 Å². The molecule has 1 aliphatic rings. The van der Waals surface area contributed by atoms with Gasteiger partial charge in [0.15, 0.2) is 0 Å². The number of carbonyl (C=O) groups is 2. The van der Waals surface area contributed by atoms with Crippen molar-refractivity contribution in [3.05, 3.63) is 0 Å². The molecule has 1 atom stereocenters. The Morgan fingerprint density at radius 3 is 2.28 bits per heavy atom. The van der Waals surface area contributed by atoms with Crippen LogP contribution in [0.25, 0.3) is 0 Å². The molecular formula is C13H25N3O2. The summed E-state index contributed by atoms with van der Waals surface area (Å²) in [4.78, 5) is 23.5. The predicted molar refractivity (Wildman–Crippen MR) is 70.9 cm³/mol. The fourth-order valence-corrected chi connectivity index (χ4v) is 1.96. The smallest absolute Gasteiger partial charge is 0.242 e. The van der Waals surface area contributed by atoms with Crippen LogP contribution in [0.4, 0.5) is 0 Å². The van der Waals surface area contributed by atoms with E-state index in [4.69, 9.17) is 5.73 Å². The van der Waals surface area contributed by atoms with Crippen LogP contribution in [-0.4, -0.2) is 28.9 Å². The third-order valence-corrected chi connectivity index (χ3v) is 3.13. The second-order valence-electron chi connectivity index (χ2n) is 6.42. The van der Waals surface area contributed by atoms with Crippen LogP contribution in [0, 0.1) is 0 Å². The van der Waals surface area contributed by atoms with E-state index in [9.17, 15) is 9.59 Å². The fourth-order valence-electron chi connectivity index (χ4n) is 1.96. The first-order valence-electron chi connectivity index (χ1n) is 6.52. The van der Waals surface area contributed by atoms with E-state index < -0.39 is 6.04 Å². The Morgan fingerprint density at radius 2 is 1.89 bits per heavy atom. The minimum absolute atomic E-state index is 0.145. The van der Waals surface area contributed by atoms with Gasteiger partial charge in [-0.2, -0.15) is 0 Å². The van der Waals surface area contributed by atoms with E-state index in [1.807, 2.05) is 20.8 Å². The molecule has 0 saturated heterocycles. The van der Waals surface area contributed by atoms with Crippen LogP contribution in [0.1, 0.15) is 53.4 Å². The van der Waals surface area contributed by atoms with Gasteiger partial charge < -0.3 is 16.4 Å². The Balaban J connectivity index is 2.37. The Bertz CT molecular complexity index is 330. The third kappa shape index (κ3) is 4.64. The zero-order valence-corrected chi connectivity index (χ0v) is 11.8. The van der Waals surface area contributed by atoms with Crippen molar-refractivity contribution in [2.24, 2.45) is 5.73 Å². The van der Waals surface area contributed by atoms with E-state index in [-0.39, 0.29) is 22.9 Å². The molecule has 0 aromatic heterocycles. The summed E-state index contributed by atoms with van der Waals surface area (Å²) >= 11 is 0. The summed E-state index contributed by atoms with van der Waals surface area (Å²) in [7, 11) is 0. The van der Waals surface area contributed by atoms with Crippen LogP contribution >= 0.6 is 0 Å². The number of hydrogen-bond donors (Lipinski definition) is 3. The summed E-state index contributed by atoms with van der Waals surface area (Å²) in [5, 5.41) is 5.53. The molecule has 0 aliphatic heterocycles. The average molecular weight is 255 g/mol. The lowest BCUT2D eigenvalue weighted by Crippen LogP contribution is -2.54. The molecule has 18 heavy (non-hydrogen) atoms. The van der Waals surface area contributed by atoms with Gasteiger partial charge in [-0.1, -0.05) is 0 Å². The molecule has 0 bridgehead atoms. The van der Waals surface area contributed by atoms with Gasteiger partial charge in [0, 0.05) is 17.5 Å². The molecule has 1 unspecified atom stereocenters.